The molecule has 4 nitrogen and oxygen atoms in total. The van der Waals surface area contributed by atoms with Crippen molar-refractivity contribution in [3.05, 3.63) is 39.8 Å². The Morgan fingerprint density at radius 2 is 1.96 bits per heavy atom. The Morgan fingerprint density at radius 1 is 1.30 bits per heavy atom. The molecule has 0 aliphatic carbocycles. The number of imidazole rings is 1. The van der Waals surface area contributed by atoms with Crippen LogP contribution < -0.4 is 0 Å². The molecule has 0 fully saturated rings. The first kappa shape index (κ1) is 18.3. The van der Waals surface area contributed by atoms with Gasteiger partial charge in [0, 0.05) is 22.0 Å². The zero-order valence-corrected chi connectivity index (χ0v) is 15.5. The minimum atomic E-state index is 0.0657. The van der Waals surface area contributed by atoms with E-state index in [2.05, 4.69) is 18.8 Å². The first-order valence-electron chi connectivity index (χ1n) is 7.13. The predicted octanol–water partition coefficient (Wildman–Crippen LogP) is 4.72. The molecule has 0 spiro atoms. The lowest BCUT2D eigenvalue weighted by Crippen LogP contribution is -2.03. The molecule has 0 aliphatic heterocycles. The van der Waals surface area contributed by atoms with Crippen LogP contribution in [0.2, 0.25) is 10.0 Å². The number of rotatable bonds is 7. The fraction of sp³-hybridized carbons (Fsp3) is 0.375. The van der Waals surface area contributed by atoms with Gasteiger partial charge in [0.05, 0.1) is 5.69 Å². The Bertz CT molecular complexity index is 681. The molecule has 0 radical (unpaired) electrons. The Kier molecular flexibility index (Phi) is 6.53. The predicted molar refractivity (Wildman–Crippen MR) is 93.6 cm³/mol. The first-order chi connectivity index (χ1) is 10.9. The van der Waals surface area contributed by atoms with Crippen LogP contribution in [0.3, 0.4) is 0 Å². The molecule has 7 heteroatoms. The summed E-state index contributed by atoms with van der Waals surface area (Å²) in [6, 6.07) is 5.45. The van der Waals surface area contributed by atoms with E-state index < -0.39 is 0 Å². The van der Waals surface area contributed by atoms with E-state index in [9.17, 15) is 4.79 Å². The van der Waals surface area contributed by atoms with Gasteiger partial charge in [0.25, 0.3) is 0 Å². The van der Waals surface area contributed by atoms with Crippen molar-refractivity contribution in [2.24, 2.45) is 7.05 Å². The Balaban J connectivity index is 2.33. The maximum absolute atomic E-state index is 10.4. The highest BCUT2D eigenvalue weighted by Gasteiger charge is 2.18. The maximum atomic E-state index is 10.4. The average molecular weight is 373 g/mol. The van der Waals surface area contributed by atoms with Gasteiger partial charge in [0.1, 0.15) is 30.4 Å². The van der Waals surface area contributed by atoms with E-state index in [0.717, 1.165) is 27.7 Å². The number of aromatic nitrogens is 2. The third kappa shape index (κ3) is 4.73. The summed E-state index contributed by atoms with van der Waals surface area (Å²) in [4.78, 5) is 16.0. The van der Waals surface area contributed by atoms with Gasteiger partial charge in [0.2, 0.25) is 0 Å². The van der Waals surface area contributed by atoms with E-state index in [1.54, 1.807) is 17.8 Å². The molecular weight excluding hydrogens is 355 g/mol. The molecule has 2 aromatic rings. The molecule has 0 saturated heterocycles. The zero-order valence-electron chi connectivity index (χ0n) is 13.2. The highest BCUT2D eigenvalue weighted by atomic mass is 35.5. The number of hydrogen-bond acceptors (Lipinski definition) is 4. The maximum Gasteiger partial charge on any atom is 0.145 e. The van der Waals surface area contributed by atoms with Crippen molar-refractivity contribution in [2.45, 2.75) is 36.3 Å². The fourth-order valence-corrected chi connectivity index (χ4v) is 3.95. The molecule has 0 saturated carbocycles. The monoisotopic (exact) mass is 372 g/mol. The molecule has 1 aromatic heterocycles. The summed E-state index contributed by atoms with van der Waals surface area (Å²) >= 11 is 13.7. The molecule has 124 valence electrons. The number of ether oxygens (including phenoxy) is 1. The summed E-state index contributed by atoms with van der Waals surface area (Å²) in [6.45, 7) is 4.54. The molecule has 0 N–H and O–H groups in total. The van der Waals surface area contributed by atoms with Crippen LogP contribution in [0.1, 0.15) is 31.3 Å². The lowest BCUT2D eigenvalue weighted by atomic mass is 10.2. The number of nitrogens with zero attached hydrogens (tertiary/aromatic N) is 2. The van der Waals surface area contributed by atoms with Gasteiger partial charge in [-0.1, -0.05) is 48.8 Å². The number of halogens is 2. The van der Waals surface area contributed by atoms with Crippen LogP contribution in [-0.4, -0.2) is 22.4 Å². The van der Waals surface area contributed by atoms with Gasteiger partial charge in [0.15, 0.2) is 0 Å². The summed E-state index contributed by atoms with van der Waals surface area (Å²) in [5.74, 6) is 1.05. The normalized spacial score (nSPS) is 11.2. The molecule has 1 heterocycles. The number of benzene rings is 1. The van der Waals surface area contributed by atoms with Crippen LogP contribution in [0.15, 0.2) is 28.1 Å². The Hall–Kier alpha value is -1.01. The van der Waals surface area contributed by atoms with E-state index in [-0.39, 0.29) is 12.5 Å². The van der Waals surface area contributed by atoms with E-state index in [0.29, 0.717) is 16.7 Å². The third-order valence-electron chi connectivity index (χ3n) is 3.17. The number of carbonyl (C=O) groups is 1. The average Bonchev–Trinajstić information content (AvgIpc) is 2.76. The lowest BCUT2D eigenvalue weighted by Gasteiger charge is -2.09. The largest absolute Gasteiger partial charge is 0.366 e. The van der Waals surface area contributed by atoms with Crippen LogP contribution in [0.5, 0.6) is 0 Å². The van der Waals surface area contributed by atoms with Gasteiger partial charge in [-0.25, -0.2) is 4.98 Å². The molecule has 2 rings (SSSR count). The summed E-state index contributed by atoms with van der Waals surface area (Å²) in [7, 11) is 1.94. The second-order valence-electron chi connectivity index (χ2n) is 5.32. The minimum Gasteiger partial charge on any atom is -0.366 e. The quantitative estimate of drug-likeness (QED) is 0.521. The van der Waals surface area contributed by atoms with Crippen LogP contribution in [0.25, 0.3) is 0 Å². The summed E-state index contributed by atoms with van der Waals surface area (Å²) < 4.78 is 7.27. The molecule has 0 bridgehead atoms. The van der Waals surface area contributed by atoms with E-state index in [1.807, 2.05) is 23.7 Å². The molecule has 0 aliphatic rings. The Morgan fingerprint density at radius 3 is 2.52 bits per heavy atom. The second-order valence-corrected chi connectivity index (χ2v) is 7.26. The number of carbonyl (C=O) groups excluding carboxylic acids is 1. The standard InChI is InChI=1S/C16H18Cl2N2O2S/c1-10(2)15-16(20(3)14(19-15)9-22-5-4-21)23-13-7-11(17)6-12(18)8-13/h4,6-8,10H,5,9H2,1-3H3. The SMILES string of the molecule is CC(C)c1nc(COCC=O)n(C)c1Sc1cc(Cl)cc(Cl)c1. The van der Waals surface area contributed by atoms with Gasteiger partial charge in [-0.15, -0.1) is 0 Å². The number of aldehydes is 1. The summed E-state index contributed by atoms with van der Waals surface area (Å²) in [5.41, 5.74) is 0.985. The van der Waals surface area contributed by atoms with Gasteiger partial charge < -0.3 is 14.1 Å². The third-order valence-corrected chi connectivity index (χ3v) is 4.76. The molecule has 0 unspecified atom stereocenters. The molecule has 23 heavy (non-hydrogen) atoms. The van der Waals surface area contributed by atoms with Crippen LogP contribution in [0.4, 0.5) is 0 Å². The molecule has 0 atom stereocenters. The molecule has 0 amide bonds. The number of hydrogen-bond donors (Lipinski definition) is 0. The second kappa shape index (κ2) is 8.20. The first-order valence-corrected chi connectivity index (χ1v) is 8.70. The van der Waals surface area contributed by atoms with Crippen molar-refractivity contribution in [3.63, 3.8) is 0 Å². The lowest BCUT2D eigenvalue weighted by molar-refractivity contribution is -0.112. The minimum absolute atomic E-state index is 0.0657. The van der Waals surface area contributed by atoms with Crippen LogP contribution >= 0.6 is 35.0 Å². The van der Waals surface area contributed by atoms with Crippen LogP contribution in [-0.2, 0) is 23.2 Å². The Labute approximate surface area is 150 Å². The summed E-state index contributed by atoms with van der Waals surface area (Å²) in [5, 5.41) is 2.22. The highest BCUT2D eigenvalue weighted by molar-refractivity contribution is 7.99. The van der Waals surface area contributed by atoms with Crippen LogP contribution in [0, 0.1) is 0 Å². The van der Waals surface area contributed by atoms with Crippen molar-refractivity contribution < 1.29 is 9.53 Å². The smallest absolute Gasteiger partial charge is 0.145 e. The summed E-state index contributed by atoms with van der Waals surface area (Å²) in [6.07, 6.45) is 0.732. The van der Waals surface area contributed by atoms with E-state index in [4.69, 9.17) is 27.9 Å². The van der Waals surface area contributed by atoms with Gasteiger partial charge in [-0.05, 0) is 24.1 Å². The van der Waals surface area contributed by atoms with Gasteiger partial charge in [-0.2, -0.15) is 0 Å². The topological polar surface area (TPSA) is 44.1 Å². The van der Waals surface area contributed by atoms with Crippen molar-refractivity contribution in [1.82, 2.24) is 9.55 Å². The molecule has 1 aromatic carbocycles. The zero-order chi connectivity index (χ0) is 17.0. The van der Waals surface area contributed by atoms with Crippen molar-refractivity contribution in [2.75, 3.05) is 6.61 Å². The van der Waals surface area contributed by atoms with E-state index in [1.165, 1.54) is 0 Å². The highest BCUT2D eigenvalue weighted by Crippen LogP contribution is 2.36. The van der Waals surface area contributed by atoms with Crippen molar-refractivity contribution in [3.8, 4) is 0 Å². The molecular formula is C16H18Cl2N2O2S. The van der Waals surface area contributed by atoms with E-state index >= 15 is 0 Å². The van der Waals surface area contributed by atoms with Gasteiger partial charge >= 0.3 is 0 Å². The van der Waals surface area contributed by atoms with Crippen molar-refractivity contribution >= 4 is 41.2 Å². The van der Waals surface area contributed by atoms with Gasteiger partial charge in [-0.3, -0.25) is 0 Å². The van der Waals surface area contributed by atoms with Crippen molar-refractivity contribution in [1.29, 1.82) is 0 Å². The fourth-order valence-electron chi connectivity index (χ4n) is 2.07.